The number of aliphatic carboxylic acids is 1. The van der Waals surface area contributed by atoms with E-state index in [1.807, 2.05) is 36.9 Å². The van der Waals surface area contributed by atoms with E-state index in [2.05, 4.69) is 17.1 Å². The molecule has 0 amide bonds. The summed E-state index contributed by atoms with van der Waals surface area (Å²) in [5.41, 5.74) is 5.09. The van der Waals surface area contributed by atoms with Crippen molar-refractivity contribution in [1.82, 2.24) is 15.0 Å². The Bertz CT molecular complexity index is 1160. The largest absolute Gasteiger partial charge is 0.489 e. The van der Waals surface area contributed by atoms with Crippen molar-refractivity contribution in [3.05, 3.63) is 52.0 Å². The van der Waals surface area contributed by atoms with Gasteiger partial charge in [-0.2, -0.15) is 4.98 Å². The Balaban J connectivity index is 1.59. The van der Waals surface area contributed by atoms with Gasteiger partial charge >= 0.3 is 5.97 Å². The normalized spacial score (nSPS) is 14.9. The highest BCUT2D eigenvalue weighted by atomic mass is 35.5. The van der Waals surface area contributed by atoms with Crippen LogP contribution in [-0.4, -0.2) is 44.8 Å². The lowest BCUT2D eigenvalue weighted by Gasteiger charge is -2.32. The van der Waals surface area contributed by atoms with Gasteiger partial charge in [0, 0.05) is 24.2 Å². The van der Waals surface area contributed by atoms with E-state index in [4.69, 9.17) is 20.9 Å². The minimum absolute atomic E-state index is 0.0276. The number of halogens is 1. The van der Waals surface area contributed by atoms with Gasteiger partial charge in [-0.1, -0.05) is 28.9 Å². The Morgan fingerprint density at radius 2 is 2.03 bits per heavy atom. The second kappa shape index (κ2) is 8.92. The van der Waals surface area contributed by atoms with Gasteiger partial charge in [-0.25, -0.2) is 0 Å². The van der Waals surface area contributed by atoms with Crippen LogP contribution in [0.25, 0.3) is 22.8 Å². The molecule has 1 atom stereocenters. The van der Waals surface area contributed by atoms with Crippen molar-refractivity contribution in [1.29, 1.82) is 0 Å². The summed E-state index contributed by atoms with van der Waals surface area (Å²) in [6.07, 6.45) is 0.810. The van der Waals surface area contributed by atoms with Crippen LogP contribution < -0.4 is 4.74 Å². The highest BCUT2D eigenvalue weighted by Gasteiger charge is 2.27. The van der Waals surface area contributed by atoms with Gasteiger partial charge in [0.05, 0.1) is 11.1 Å². The molecule has 32 heavy (non-hydrogen) atoms. The quantitative estimate of drug-likeness (QED) is 0.560. The highest BCUT2D eigenvalue weighted by molar-refractivity contribution is 6.32. The van der Waals surface area contributed by atoms with Crippen LogP contribution in [0.2, 0.25) is 5.02 Å². The summed E-state index contributed by atoms with van der Waals surface area (Å²) in [5, 5.41) is 14.0. The molecule has 0 spiro atoms. The first-order valence-electron chi connectivity index (χ1n) is 10.6. The number of carbonyl (C=O) groups is 1. The zero-order valence-corrected chi connectivity index (χ0v) is 19.3. The lowest BCUT2D eigenvalue weighted by atomic mass is 9.91. The van der Waals surface area contributed by atoms with Crippen molar-refractivity contribution in [3.8, 4) is 28.6 Å². The summed E-state index contributed by atoms with van der Waals surface area (Å²) in [7, 11) is 0. The minimum atomic E-state index is -0.801. The van der Waals surface area contributed by atoms with Gasteiger partial charge < -0.3 is 14.4 Å². The number of rotatable bonds is 6. The van der Waals surface area contributed by atoms with Crippen molar-refractivity contribution >= 4 is 17.6 Å². The van der Waals surface area contributed by atoms with E-state index in [-0.39, 0.29) is 6.10 Å². The third-order valence-electron chi connectivity index (χ3n) is 5.83. The summed E-state index contributed by atoms with van der Waals surface area (Å²) < 4.78 is 11.2. The van der Waals surface area contributed by atoms with Gasteiger partial charge in [-0.05, 0) is 69.0 Å². The Morgan fingerprint density at radius 1 is 1.25 bits per heavy atom. The number of nitrogens with zero attached hydrogens (tertiary/aromatic N) is 3. The van der Waals surface area contributed by atoms with Crippen molar-refractivity contribution in [3.63, 3.8) is 0 Å². The smallest absolute Gasteiger partial charge is 0.320 e. The van der Waals surface area contributed by atoms with Gasteiger partial charge in [-0.15, -0.1) is 0 Å². The number of hydrogen-bond donors (Lipinski definition) is 1. The second-order valence-electron chi connectivity index (χ2n) is 8.35. The first kappa shape index (κ1) is 22.3. The molecule has 0 bridgehead atoms. The Labute approximate surface area is 192 Å². The van der Waals surface area contributed by atoms with Crippen molar-refractivity contribution in [2.45, 2.75) is 52.8 Å². The van der Waals surface area contributed by atoms with E-state index in [0.29, 0.717) is 35.6 Å². The summed E-state index contributed by atoms with van der Waals surface area (Å²) >= 11 is 6.35. The van der Waals surface area contributed by atoms with E-state index in [0.717, 1.165) is 28.7 Å². The molecule has 0 aliphatic carbocycles. The summed E-state index contributed by atoms with van der Waals surface area (Å²) in [6, 6.07) is 8.91. The van der Waals surface area contributed by atoms with Crippen LogP contribution in [0.4, 0.5) is 0 Å². The molecule has 1 N–H and O–H groups in total. The monoisotopic (exact) mass is 455 g/mol. The van der Waals surface area contributed by atoms with E-state index in [1.54, 1.807) is 19.1 Å². The molecule has 0 fully saturated rings. The van der Waals surface area contributed by atoms with Crippen LogP contribution in [-0.2, 0) is 17.8 Å². The Kier molecular flexibility index (Phi) is 6.22. The fourth-order valence-corrected chi connectivity index (χ4v) is 4.25. The SMILES string of the molecule is Cc1c(-c2noc(-c3ccc(OC(C)C)c(Cl)c3)n2)ccc2c1CCN(C(C)C(=O)O)C2. The van der Waals surface area contributed by atoms with Gasteiger partial charge in [0.25, 0.3) is 5.89 Å². The van der Waals surface area contributed by atoms with Crippen LogP contribution >= 0.6 is 11.6 Å². The molecule has 2 aromatic carbocycles. The minimum Gasteiger partial charge on any atom is -0.489 e. The molecular formula is C24H26ClN3O4. The number of aromatic nitrogens is 2. The van der Waals surface area contributed by atoms with E-state index >= 15 is 0 Å². The van der Waals surface area contributed by atoms with Crippen molar-refractivity contribution < 1.29 is 19.2 Å². The number of carboxylic acid groups (broad SMARTS) is 1. The first-order chi connectivity index (χ1) is 15.2. The fourth-order valence-electron chi connectivity index (χ4n) is 4.02. The van der Waals surface area contributed by atoms with Gasteiger partial charge in [0.1, 0.15) is 11.8 Å². The molecule has 4 rings (SSSR count). The number of fused-ring (bicyclic) bond motifs is 1. The van der Waals surface area contributed by atoms with Crippen molar-refractivity contribution in [2.24, 2.45) is 0 Å². The maximum Gasteiger partial charge on any atom is 0.320 e. The van der Waals surface area contributed by atoms with Gasteiger partial charge in [0.2, 0.25) is 5.82 Å². The molecule has 1 aliphatic rings. The number of hydrogen-bond acceptors (Lipinski definition) is 6. The van der Waals surface area contributed by atoms with Crippen LogP contribution in [0, 0.1) is 6.92 Å². The van der Waals surface area contributed by atoms with Crippen LogP contribution in [0.5, 0.6) is 5.75 Å². The topological polar surface area (TPSA) is 88.7 Å². The Morgan fingerprint density at radius 3 is 2.72 bits per heavy atom. The molecule has 1 unspecified atom stereocenters. The average molecular weight is 456 g/mol. The van der Waals surface area contributed by atoms with E-state index < -0.39 is 12.0 Å². The molecule has 0 saturated heterocycles. The molecule has 7 nitrogen and oxygen atoms in total. The molecule has 2 heterocycles. The molecule has 3 aromatic rings. The second-order valence-corrected chi connectivity index (χ2v) is 8.75. The van der Waals surface area contributed by atoms with Gasteiger partial charge in [0.15, 0.2) is 0 Å². The number of ether oxygens (including phenoxy) is 1. The van der Waals surface area contributed by atoms with Crippen LogP contribution in [0.3, 0.4) is 0 Å². The maximum atomic E-state index is 11.3. The average Bonchev–Trinajstić information content (AvgIpc) is 3.24. The third kappa shape index (κ3) is 4.36. The predicted octanol–water partition coefficient (Wildman–Crippen LogP) is 4.98. The maximum absolute atomic E-state index is 11.3. The number of benzene rings is 2. The van der Waals surface area contributed by atoms with E-state index in [1.165, 1.54) is 5.56 Å². The van der Waals surface area contributed by atoms with Crippen LogP contribution in [0.15, 0.2) is 34.9 Å². The summed E-state index contributed by atoms with van der Waals surface area (Å²) in [4.78, 5) is 17.9. The first-order valence-corrected chi connectivity index (χ1v) is 11.0. The highest BCUT2D eigenvalue weighted by Crippen LogP contribution is 2.33. The zero-order valence-electron chi connectivity index (χ0n) is 18.6. The summed E-state index contributed by atoms with van der Waals surface area (Å²) in [6.45, 7) is 8.98. The van der Waals surface area contributed by atoms with Crippen LogP contribution in [0.1, 0.15) is 37.5 Å². The summed E-state index contributed by atoms with van der Waals surface area (Å²) in [5.74, 6) is 0.712. The molecule has 168 valence electrons. The third-order valence-corrected chi connectivity index (χ3v) is 6.13. The predicted molar refractivity (Wildman–Crippen MR) is 122 cm³/mol. The lowest BCUT2D eigenvalue weighted by Crippen LogP contribution is -2.42. The molecule has 1 aromatic heterocycles. The molecule has 0 saturated carbocycles. The molecule has 1 aliphatic heterocycles. The van der Waals surface area contributed by atoms with Gasteiger partial charge in [-0.3, -0.25) is 9.69 Å². The molecule has 8 heteroatoms. The molecule has 0 radical (unpaired) electrons. The van der Waals surface area contributed by atoms with E-state index in [9.17, 15) is 9.90 Å². The standard InChI is InChI=1S/C24H26ClN3O4/c1-13(2)31-21-8-6-16(11-20(21)25)23-26-22(27-32-23)19-7-5-17-12-28(15(4)24(29)30)10-9-18(17)14(19)3/h5-8,11,13,15H,9-10,12H2,1-4H3,(H,29,30). The molecular weight excluding hydrogens is 430 g/mol. The lowest BCUT2D eigenvalue weighted by molar-refractivity contribution is -0.143. The Hall–Kier alpha value is -2.90. The number of carboxylic acids is 1. The fraction of sp³-hybridized carbons (Fsp3) is 0.375. The zero-order chi connectivity index (χ0) is 23.0. The van der Waals surface area contributed by atoms with Crippen molar-refractivity contribution in [2.75, 3.05) is 6.54 Å².